The van der Waals surface area contributed by atoms with Gasteiger partial charge in [-0.25, -0.2) is 23.9 Å². The molecule has 0 aliphatic heterocycles. The second-order valence-corrected chi connectivity index (χ2v) is 9.93. The van der Waals surface area contributed by atoms with Crippen LogP contribution < -0.4 is 16.2 Å². The number of aryl methyl sites for hydroxylation is 1. The van der Waals surface area contributed by atoms with Crippen molar-refractivity contribution >= 4 is 34.2 Å². The number of hydrogen-bond acceptors (Lipinski definition) is 8. The zero-order valence-electron chi connectivity index (χ0n) is 25.5. The van der Waals surface area contributed by atoms with Gasteiger partial charge in [0.05, 0.1) is 42.6 Å². The lowest BCUT2D eigenvalue weighted by atomic mass is 9.90. The average molecular weight is 700 g/mol. The highest BCUT2D eigenvalue weighted by Crippen LogP contribution is 2.38. The van der Waals surface area contributed by atoms with Gasteiger partial charge in [0.2, 0.25) is 0 Å². The average Bonchev–Trinajstić information content (AvgIpc) is 3.72. The summed E-state index contributed by atoms with van der Waals surface area (Å²) < 4.78 is 90.2. The van der Waals surface area contributed by atoms with Crippen molar-refractivity contribution < 1.29 is 59.7 Å². The number of nitrogens with one attached hydrogen (secondary N) is 1. The third kappa shape index (κ3) is 9.61. The molecule has 0 fully saturated rings. The minimum atomic E-state index is -5.08. The Morgan fingerprint density at radius 3 is 2.14 bits per heavy atom. The normalized spacial score (nSPS) is 11.9. The number of fused-ring (bicyclic) bond motifs is 1. The molecule has 11 nitrogen and oxygen atoms in total. The molecule has 0 saturated carbocycles. The van der Waals surface area contributed by atoms with E-state index in [9.17, 15) is 26.3 Å². The molecule has 3 aromatic heterocycles. The molecule has 0 bridgehead atoms. The zero-order valence-corrected chi connectivity index (χ0v) is 25.5. The van der Waals surface area contributed by atoms with Crippen LogP contribution in [-0.4, -0.2) is 56.1 Å². The first-order valence-corrected chi connectivity index (χ1v) is 14.0. The number of nitrogens with zero attached hydrogens (tertiary/aromatic N) is 2. The van der Waals surface area contributed by atoms with E-state index < -0.39 is 36.0 Å². The van der Waals surface area contributed by atoms with Gasteiger partial charge in [-0.15, -0.1) is 0 Å². The van der Waals surface area contributed by atoms with Gasteiger partial charge in [0.25, 0.3) is 0 Å². The van der Waals surface area contributed by atoms with E-state index in [1.807, 2.05) is 44.2 Å². The highest BCUT2D eigenvalue weighted by atomic mass is 19.4. The van der Waals surface area contributed by atoms with E-state index in [2.05, 4.69) is 15.0 Å². The van der Waals surface area contributed by atoms with Crippen LogP contribution in [0.3, 0.4) is 0 Å². The fourth-order valence-electron chi connectivity index (χ4n) is 4.32. The third-order valence-corrected chi connectivity index (χ3v) is 6.53. The number of H-pyrrole nitrogens is 1. The maximum atomic E-state index is 15.9. The summed E-state index contributed by atoms with van der Waals surface area (Å²) in [6, 6.07) is 12.7. The van der Waals surface area contributed by atoms with Gasteiger partial charge in [0.15, 0.2) is 11.6 Å². The lowest BCUT2D eigenvalue weighted by Crippen LogP contribution is -2.21. The van der Waals surface area contributed by atoms with Crippen LogP contribution in [0, 0.1) is 5.82 Å². The van der Waals surface area contributed by atoms with Gasteiger partial charge in [-0.05, 0) is 60.7 Å². The topological polar surface area (TPSA) is 191 Å². The van der Waals surface area contributed by atoms with Crippen molar-refractivity contribution in [3.8, 4) is 17.0 Å². The number of halogens is 7. The lowest BCUT2D eigenvalue weighted by molar-refractivity contribution is -0.193. The van der Waals surface area contributed by atoms with Gasteiger partial charge in [-0.2, -0.15) is 26.3 Å². The van der Waals surface area contributed by atoms with Crippen molar-refractivity contribution in [2.24, 2.45) is 0 Å². The van der Waals surface area contributed by atoms with Gasteiger partial charge in [-0.3, -0.25) is 0 Å². The van der Waals surface area contributed by atoms with Crippen molar-refractivity contribution in [3.63, 3.8) is 0 Å². The van der Waals surface area contributed by atoms with Crippen molar-refractivity contribution in [1.29, 1.82) is 0 Å². The maximum Gasteiger partial charge on any atom is 0.490 e. The number of carboxylic acids is 2. The van der Waals surface area contributed by atoms with Gasteiger partial charge in [-0.1, -0.05) is 13.0 Å². The standard InChI is InChI=1S/C27H26FN5O2.2C2HF3O2/c1-3-15-9-20(25(28)23(10-15)35-4-2)24(27-31-13-22(33-27)16-7-8-34-14-16)21-12-17-11-18(29)5-6-19(17)26(30)32-21;2*3-2(4,5)1(6)7/h5-14,24H,3-4,29H2,1-2H3,(H2,30,32)(H,31,33);2*(H,6,7). The molecule has 18 heteroatoms. The number of anilines is 2. The number of benzene rings is 2. The molecule has 0 radical (unpaired) electrons. The van der Waals surface area contributed by atoms with Crippen molar-refractivity contribution in [1.82, 2.24) is 15.0 Å². The van der Waals surface area contributed by atoms with Crippen LogP contribution in [0.1, 0.15) is 42.4 Å². The monoisotopic (exact) mass is 699 g/mol. The Balaban J connectivity index is 0.000000392. The van der Waals surface area contributed by atoms with Crippen LogP contribution in [0.5, 0.6) is 5.75 Å². The number of rotatable bonds is 7. The molecule has 5 aromatic rings. The molecule has 0 amide bonds. The summed E-state index contributed by atoms with van der Waals surface area (Å²) in [7, 11) is 0. The van der Waals surface area contributed by atoms with E-state index in [0.29, 0.717) is 41.6 Å². The summed E-state index contributed by atoms with van der Waals surface area (Å²) in [5.41, 5.74) is 16.4. The summed E-state index contributed by atoms with van der Waals surface area (Å²) in [6.45, 7) is 4.19. The molecule has 1 unspecified atom stereocenters. The Hall–Kier alpha value is -5.81. The molecule has 0 spiro atoms. The van der Waals surface area contributed by atoms with Crippen molar-refractivity contribution in [2.75, 3.05) is 18.1 Å². The molecule has 2 aromatic carbocycles. The van der Waals surface area contributed by atoms with E-state index in [-0.39, 0.29) is 5.75 Å². The highest BCUT2D eigenvalue weighted by Gasteiger charge is 2.39. The Morgan fingerprint density at radius 2 is 1.61 bits per heavy atom. The largest absolute Gasteiger partial charge is 0.491 e. The van der Waals surface area contributed by atoms with Crippen LogP contribution in [0.25, 0.3) is 22.0 Å². The first kappa shape index (κ1) is 37.6. The van der Waals surface area contributed by atoms with Gasteiger partial charge < -0.3 is 35.8 Å². The molecule has 7 N–H and O–H groups in total. The number of carboxylic acid groups (broad SMARTS) is 2. The number of nitrogen functional groups attached to an aromatic ring is 2. The molecular formula is C31H28F7N5O6. The second-order valence-electron chi connectivity index (χ2n) is 9.93. The Bertz CT molecular complexity index is 1880. The fourth-order valence-corrected chi connectivity index (χ4v) is 4.32. The number of hydrogen-bond donors (Lipinski definition) is 5. The lowest BCUT2D eigenvalue weighted by Gasteiger charge is -2.20. The van der Waals surface area contributed by atoms with Gasteiger partial charge >= 0.3 is 24.3 Å². The molecule has 1 atom stereocenters. The van der Waals surface area contributed by atoms with E-state index >= 15 is 4.39 Å². The summed E-state index contributed by atoms with van der Waals surface area (Å²) in [4.78, 5) is 30.4. The number of imidazole rings is 1. The number of alkyl halides is 6. The van der Waals surface area contributed by atoms with Gasteiger partial charge in [0, 0.05) is 22.2 Å². The second kappa shape index (κ2) is 15.4. The van der Waals surface area contributed by atoms with Crippen LogP contribution in [0.4, 0.5) is 42.2 Å². The van der Waals surface area contributed by atoms with E-state index in [1.54, 1.807) is 30.9 Å². The molecule has 0 aliphatic carbocycles. The molecule has 5 rings (SSSR count). The molecule has 3 heterocycles. The number of ether oxygens (including phenoxy) is 1. The molecule has 49 heavy (non-hydrogen) atoms. The van der Waals surface area contributed by atoms with Crippen LogP contribution >= 0.6 is 0 Å². The fraction of sp³-hybridized carbons (Fsp3) is 0.226. The minimum absolute atomic E-state index is 0.200. The zero-order chi connectivity index (χ0) is 36.7. The summed E-state index contributed by atoms with van der Waals surface area (Å²) in [5, 5.41) is 15.8. The van der Waals surface area contributed by atoms with E-state index in [1.165, 1.54) is 0 Å². The molecule has 0 saturated heterocycles. The summed E-state index contributed by atoms with van der Waals surface area (Å²) >= 11 is 0. The first-order chi connectivity index (χ1) is 22.9. The summed E-state index contributed by atoms with van der Waals surface area (Å²) in [6.07, 6.45) is -4.56. The predicted octanol–water partition coefficient (Wildman–Crippen LogP) is 6.93. The number of furan rings is 1. The van der Waals surface area contributed by atoms with Crippen LogP contribution in [0.15, 0.2) is 65.6 Å². The van der Waals surface area contributed by atoms with Crippen molar-refractivity contribution in [3.05, 3.63) is 89.7 Å². The van der Waals surface area contributed by atoms with E-state index in [4.69, 9.17) is 40.4 Å². The number of nitrogens with two attached hydrogens (primary N) is 2. The maximum absolute atomic E-state index is 15.9. The summed E-state index contributed by atoms with van der Waals surface area (Å²) in [5.74, 6) is -5.59. The van der Waals surface area contributed by atoms with Crippen LogP contribution in [0.2, 0.25) is 0 Å². The SMILES string of the molecule is CCOc1cc(CC)cc(C(c2cc3cc(N)ccc3c(N)n2)c2ncc(-c3ccoc3)[nH]2)c1F.O=C(O)C(F)(F)F.O=C(O)C(F)(F)F. The molecular weight excluding hydrogens is 671 g/mol. The highest BCUT2D eigenvalue weighted by molar-refractivity contribution is 5.93. The first-order valence-electron chi connectivity index (χ1n) is 14.0. The van der Waals surface area contributed by atoms with E-state index in [0.717, 1.165) is 27.6 Å². The Labute approximate surface area is 272 Å². The Morgan fingerprint density at radius 1 is 0.980 bits per heavy atom. The van der Waals surface area contributed by atoms with Gasteiger partial charge in [0.1, 0.15) is 11.6 Å². The smallest absolute Gasteiger partial charge is 0.490 e. The quantitative estimate of drug-likeness (QED) is 0.0880. The van der Waals surface area contributed by atoms with Crippen molar-refractivity contribution in [2.45, 2.75) is 38.5 Å². The number of aromatic nitrogens is 3. The molecule has 262 valence electrons. The molecule has 0 aliphatic rings. The van der Waals surface area contributed by atoms with Crippen LogP contribution in [-0.2, 0) is 16.0 Å². The Kier molecular flexibility index (Phi) is 11.8. The third-order valence-electron chi connectivity index (χ3n) is 6.53. The minimum Gasteiger partial charge on any atom is -0.491 e. The number of aromatic amines is 1. The number of carbonyl (C=O) groups is 2. The number of pyridine rings is 1. The predicted molar refractivity (Wildman–Crippen MR) is 162 cm³/mol. The number of aliphatic carboxylic acids is 2.